The van der Waals surface area contributed by atoms with Crippen LogP contribution in [0.3, 0.4) is 0 Å². The summed E-state index contributed by atoms with van der Waals surface area (Å²) in [4.78, 5) is 24.1. The van der Waals surface area contributed by atoms with Crippen molar-refractivity contribution in [2.24, 2.45) is 0 Å². The minimum atomic E-state index is -1.51. The normalized spacial score (nSPS) is 11.7. The Morgan fingerprint density at radius 1 is 0.671 bits per heavy atom. The number of imidazole rings is 1. The molecule has 0 spiro atoms. The molecule has 0 aliphatic rings. The molecular formula is C60H54IrN6O2Si-2. The van der Waals surface area contributed by atoms with Crippen molar-refractivity contribution in [3.8, 4) is 61.9 Å². The first-order valence-corrected chi connectivity index (χ1v) is 26.9. The second-order valence-corrected chi connectivity index (χ2v) is 24.8. The summed E-state index contributed by atoms with van der Waals surface area (Å²) in [5.41, 5.74) is 17.0. The largest absolute Gasteiger partial charge is 0.485 e. The number of benzene rings is 5. The molecule has 11 aromatic rings. The number of hydrogen-bond donors (Lipinski definition) is 0. The van der Waals surface area contributed by atoms with Crippen LogP contribution in [-0.2, 0) is 25.5 Å². The van der Waals surface area contributed by atoms with Gasteiger partial charge in [-0.15, -0.1) is 53.6 Å². The molecule has 0 aliphatic carbocycles. The van der Waals surface area contributed by atoms with E-state index in [1.807, 2.05) is 62.5 Å². The van der Waals surface area contributed by atoms with Gasteiger partial charge in [0.2, 0.25) is 5.71 Å². The SMILES string of the molecule is Cc1cc2nc(-c3[c-]cc(C)c4c3oc3nccnc34)n(-c3c(-c4ccccc4)cc(C(C)(C)C)cc3-c3ccccc3)c2c(C)n1.Cc1ccc(-c2cc(-c3[c-]cccc3)ncc2[Si](C)(C)C)o1.[Ir]. The van der Waals surface area contributed by atoms with E-state index in [1.165, 1.54) is 10.8 Å². The van der Waals surface area contributed by atoms with Gasteiger partial charge in [-0.3, -0.25) is 15.0 Å². The van der Waals surface area contributed by atoms with Gasteiger partial charge in [-0.2, -0.15) is 0 Å². The number of aromatic nitrogens is 6. The molecular weight excluding hydrogens is 1060 g/mol. The van der Waals surface area contributed by atoms with Gasteiger partial charge in [-0.05, 0) is 89.5 Å². The molecule has 6 heterocycles. The van der Waals surface area contributed by atoms with Crippen LogP contribution in [0.25, 0.3) is 95.1 Å². The molecule has 0 bridgehead atoms. The van der Waals surface area contributed by atoms with E-state index in [0.717, 1.165) is 107 Å². The zero-order valence-corrected chi connectivity index (χ0v) is 44.6. The Labute approximate surface area is 424 Å². The molecule has 0 fully saturated rings. The van der Waals surface area contributed by atoms with Gasteiger partial charge in [0.1, 0.15) is 17.0 Å². The average molecular weight is 1110 g/mol. The number of rotatable bonds is 7. The van der Waals surface area contributed by atoms with Crippen LogP contribution in [0.4, 0.5) is 0 Å². The maximum atomic E-state index is 6.48. The van der Waals surface area contributed by atoms with Gasteiger partial charge in [-0.1, -0.05) is 120 Å². The Bertz CT molecular complexity index is 3620. The quantitative estimate of drug-likeness (QED) is 0.116. The van der Waals surface area contributed by atoms with Crippen LogP contribution in [0.5, 0.6) is 0 Å². The molecule has 11 rings (SSSR count). The smallest absolute Gasteiger partial charge is 0.235 e. The van der Waals surface area contributed by atoms with Crippen LogP contribution in [0.2, 0.25) is 19.6 Å². The maximum absolute atomic E-state index is 6.48. The fourth-order valence-electron chi connectivity index (χ4n) is 9.19. The van der Waals surface area contributed by atoms with Gasteiger partial charge in [0, 0.05) is 61.1 Å². The molecule has 6 aromatic heterocycles. The van der Waals surface area contributed by atoms with Crippen molar-refractivity contribution in [3.63, 3.8) is 0 Å². The average Bonchev–Trinajstić information content (AvgIpc) is 4.07. The van der Waals surface area contributed by atoms with Gasteiger partial charge >= 0.3 is 0 Å². The predicted octanol–water partition coefficient (Wildman–Crippen LogP) is 14.8. The topological polar surface area (TPSA) is 95.7 Å². The van der Waals surface area contributed by atoms with Crippen LogP contribution in [0, 0.1) is 39.8 Å². The third-order valence-electron chi connectivity index (χ3n) is 12.6. The third-order valence-corrected chi connectivity index (χ3v) is 14.6. The summed E-state index contributed by atoms with van der Waals surface area (Å²) in [5, 5.41) is 2.24. The summed E-state index contributed by atoms with van der Waals surface area (Å²) in [6, 6.07) is 50.9. The first-order valence-electron chi connectivity index (χ1n) is 23.4. The molecule has 8 nitrogen and oxygen atoms in total. The van der Waals surface area contributed by atoms with Gasteiger partial charge in [0.05, 0.1) is 41.9 Å². The summed E-state index contributed by atoms with van der Waals surface area (Å²) >= 11 is 0. The molecule has 0 N–H and O–H groups in total. The summed E-state index contributed by atoms with van der Waals surface area (Å²) in [5.74, 6) is 2.58. The second-order valence-electron chi connectivity index (χ2n) is 19.8. The molecule has 351 valence electrons. The van der Waals surface area contributed by atoms with Crippen molar-refractivity contribution in [2.75, 3.05) is 0 Å². The van der Waals surface area contributed by atoms with Crippen LogP contribution < -0.4 is 5.19 Å². The van der Waals surface area contributed by atoms with E-state index in [2.05, 4.69) is 171 Å². The fourth-order valence-corrected chi connectivity index (χ4v) is 10.6. The molecule has 0 saturated heterocycles. The van der Waals surface area contributed by atoms with Crippen LogP contribution in [-0.4, -0.2) is 37.6 Å². The minimum Gasteiger partial charge on any atom is -0.485 e. The van der Waals surface area contributed by atoms with Crippen molar-refractivity contribution in [1.82, 2.24) is 29.5 Å². The van der Waals surface area contributed by atoms with Crippen LogP contribution in [0.15, 0.2) is 155 Å². The molecule has 1 radical (unpaired) electrons. The number of hydrogen-bond acceptors (Lipinski definition) is 7. The van der Waals surface area contributed by atoms with Crippen LogP contribution in [0.1, 0.15) is 49.0 Å². The zero-order chi connectivity index (χ0) is 48.2. The number of nitrogens with zero attached hydrogens (tertiary/aromatic N) is 6. The Balaban J connectivity index is 0.000000222. The van der Waals surface area contributed by atoms with Gasteiger partial charge in [0.15, 0.2) is 0 Å². The molecule has 0 aliphatic heterocycles. The molecule has 5 aromatic carbocycles. The number of fused-ring (bicyclic) bond motifs is 4. The molecule has 0 atom stereocenters. The van der Waals surface area contributed by atoms with E-state index >= 15 is 0 Å². The van der Waals surface area contributed by atoms with E-state index < -0.39 is 8.07 Å². The number of pyridine rings is 2. The van der Waals surface area contributed by atoms with Crippen molar-refractivity contribution < 1.29 is 28.9 Å². The van der Waals surface area contributed by atoms with Gasteiger partial charge < -0.3 is 18.4 Å². The van der Waals surface area contributed by atoms with Gasteiger partial charge in [-0.25, -0.2) is 4.98 Å². The van der Waals surface area contributed by atoms with Crippen LogP contribution >= 0.6 is 0 Å². The van der Waals surface area contributed by atoms with Crippen molar-refractivity contribution >= 4 is 46.5 Å². The summed E-state index contributed by atoms with van der Waals surface area (Å²) in [7, 11) is -1.51. The van der Waals surface area contributed by atoms with Crippen molar-refractivity contribution in [2.45, 2.75) is 73.5 Å². The first kappa shape index (κ1) is 47.9. The molecule has 10 heteroatoms. The van der Waals surface area contributed by atoms with E-state index in [0.29, 0.717) is 11.3 Å². The third kappa shape index (κ3) is 9.11. The van der Waals surface area contributed by atoms with E-state index in [4.69, 9.17) is 18.8 Å². The Hall–Kier alpha value is -7.10. The molecule has 0 saturated carbocycles. The van der Waals surface area contributed by atoms with Crippen molar-refractivity contribution in [3.05, 3.63) is 186 Å². The molecule has 0 amide bonds. The predicted molar refractivity (Wildman–Crippen MR) is 284 cm³/mol. The maximum Gasteiger partial charge on any atom is 0.235 e. The monoisotopic (exact) mass is 1110 g/mol. The summed E-state index contributed by atoms with van der Waals surface area (Å²) < 4.78 is 14.6. The Kier molecular flexibility index (Phi) is 13.0. The molecule has 0 unspecified atom stereocenters. The van der Waals surface area contributed by atoms with E-state index in [1.54, 1.807) is 12.4 Å². The summed E-state index contributed by atoms with van der Waals surface area (Å²) in [6.07, 6.45) is 5.39. The first-order chi connectivity index (χ1) is 33.1. The second kappa shape index (κ2) is 19.0. The van der Waals surface area contributed by atoms with E-state index in [9.17, 15) is 0 Å². The fraction of sp³-hybridized carbons (Fsp3) is 0.183. The Morgan fingerprint density at radius 2 is 1.34 bits per heavy atom. The van der Waals surface area contributed by atoms with Gasteiger partial charge in [0.25, 0.3) is 0 Å². The number of furan rings is 2. The summed E-state index contributed by atoms with van der Waals surface area (Å²) in [6.45, 7) is 21.9. The zero-order valence-electron chi connectivity index (χ0n) is 41.2. The van der Waals surface area contributed by atoms with E-state index in [-0.39, 0.29) is 25.5 Å². The van der Waals surface area contributed by atoms with Crippen molar-refractivity contribution in [1.29, 1.82) is 0 Å². The standard InChI is InChI=1S/C41H34N5O.C19H20NOSi.Ir/c1-24-17-18-30(38-34(24)35-40(47-38)43-20-19-42-35)39-45-33-21-25(2)44-26(3)36(33)46(39)37-31(27-13-9-7-10-14-27)22-29(41(4,5)6)23-32(37)28-15-11-8-12-16-28;1-14-10-11-18(21-14)16-12-17(15-8-6-5-7-9-15)20-13-19(16)22(2,3)4;/h7-17,19-23H,1-6H3;5-8,10-13H,1-4H3;/q2*-1;. The Morgan fingerprint density at radius 3 is 1.96 bits per heavy atom. The molecule has 70 heavy (non-hydrogen) atoms. The number of aryl methyl sites for hydroxylation is 4. The minimum absolute atomic E-state index is 0.